The van der Waals surface area contributed by atoms with Crippen LogP contribution in [0.2, 0.25) is 10.0 Å². The average Bonchev–Trinajstić information content (AvgIpc) is 3.32. The van der Waals surface area contributed by atoms with E-state index in [9.17, 15) is 14.7 Å². The first kappa shape index (κ1) is 25.2. The molecule has 2 heterocycles. The van der Waals surface area contributed by atoms with Crippen LogP contribution in [0.15, 0.2) is 48.5 Å². The summed E-state index contributed by atoms with van der Waals surface area (Å²) in [4.78, 5) is 26.9. The van der Waals surface area contributed by atoms with Gasteiger partial charge in [0.15, 0.2) is 0 Å². The van der Waals surface area contributed by atoms with Crippen molar-refractivity contribution in [2.75, 3.05) is 6.54 Å². The van der Waals surface area contributed by atoms with Gasteiger partial charge in [0.1, 0.15) is 5.52 Å². The van der Waals surface area contributed by atoms with Gasteiger partial charge < -0.3 is 10.0 Å². The van der Waals surface area contributed by atoms with Gasteiger partial charge in [-0.1, -0.05) is 52.7 Å². The van der Waals surface area contributed by atoms with E-state index in [0.29, 0.717) is 35.2 Å². The number of carboxylic acids is 1. The number of hydrogen-bond donors (Lipinski definition) is 1. The minimum absolute atomic E-state index is 0.0566. The number of hydrogen-bond acceptors (Lipinski definition) is 4. The van der Waals surface area contributed by atoms with Gasteiger partial charge in [-0.2, -0.15) is 0 Å². The predicted molar refractivity (Wildman–Crippen MR) is 143 cm³/mol. The van der Waals surface area contributed by atoms with Gasteiger partial charge in [0.05, 0.1) is 22.0 Å². The van der Waals surface area contributed by atoms with Gasteiger partial charge >= 0.3 is 5.97 Å². The van der Waals surface area contributed by atoms with Crippen LogP contribution < -0.4 is 0 Å². The van der Waals surface area contributed by atoms with Crippen molar-refractivity contribution in [2.24, 2.45) is 0 Å². The lowest BCUT2D eigenvalue weighted by Crippen LogP contribution is -2.36. The van der Waals surface area contributed by atoms with E-state index in [1.165, 1.54) is 0 Å². The number of halogens is 2. The van der Waals surface area contributed by atoms with Gasteiger partial charge in [-0.25, -0.2) is 4.68 Å². The second-order valence-electron chi connectivity index (χ2n) is 9.34. The van der Waals surface area contributed by atoms with Crippen LogP contribution in [0.5, 0.6) is 0 Å². The van der Waals surface area contributed by atoms with Crippen LogP contribution >= 0.6 is 23.2 Å². The number of aryl methyl sites for hydroxylation is 2. The zero-order valence-corrected chi connectivity index (χ0v) is 22.1. The molecule has 4 aromatic rings. The van der Waals surface area contributed by atoms with Crippen molar-refractivity contribution < 1.29 is 14.7 Å². The van der Waals surface area contributed by atoms with E-state index >= 15 is 0 Å². The Hall–Kier alpha value is -3.42. The molecule has 1 aliphatic rings. The first-order valence-electron chi connectivity index (χ1n) is 12.2. The number of rotatable bonds is 6. The van der Waals surface area contributed by atoms with Crippen LogP contribution in [-0.4, -0.2) is 43.4 Å². The first-order valence-corrected chi connectivity index (χ1v) is 12.9. The SMILES string of the molecule is CCn1nnc2c(C)c([C@@H](CC(=O)O)c3ccc4c(c3)CN(C(=O)c3ccc(Cl)c(Cl)c3)CC4)ccc21. The lowest BCUT2D eigenvalue weighted by Gasteiger charge is -2.30. The Bertz CT molecular complexity index is 1530. The van der Waals surface area contributed by atoms with E-state index in [-0.39, 0.29) is 18.2 Å². The molecule has 0 spiro atoms. The summed E-state index contributed by atoms with van der Waals surface area (Å²) in [7, 11) is 0. The lowest BCUT2D eigenvalue weighted by molar-refractivity contribution is -0.137. The number of aliphatic carboxylic acids is 1. The standard InChI is InChI=1S/C28H26Cl2N4O3/c1-3-34-25-9-7-21(16(2)27(25)31-32-34)22(14-26(35)36)18-5-4-17-10-11-33(15-20(17)12-18)28(37)19-6-8-23(29)24(30)13-19/h4-9,12-13,22H,3,10-11,14-15H2,1-2H3,(H,35,36)/t22-/m0/s1. The molecular formula is C28H26Cl2N4O3. The molecule has 0 radical (unpaired) electrons. The fourth-order valence-electron chi connectivity index (χ4n) is 5.15. The second-order valence-corrected chi connectivity index (χ2v) is 10.2. The minimum atomic E-state index is -0.879. The number of fused-ring (bicyclic) bond motifs is 2. The molecular weight excluding hydrogens is 511 g/mol. The summed E-state index contributed by atoms with van der Waals surface area (Å²) >= 11 is 12.1. The Morgan fingerprint density at radius 3 is 2.59 bits per heavy atom. The average molecular weight is 537 g/mol. The van der Waals surface area contributed by atoms with Crippen LogP contribution in [0.4, 0.5) is 0 Å². The van der Waals surface area contributed by atoms with Gasteiger partial charge in [-0.3, -0.25) is 9.59 Å². The molecule has 3 aromatic carbocycles. The molecule has 0 unspecified atom stereocenters. The Morgan fingerprint density at radius 1 is 1.05 bits per heavy atom. The van der Waals surface area contributed by atoms with Gasteiger partial charge in [0, 0.05) is 31.1 Å². The summed E-state index contributed by atoms with van der Waals surface area (Å²) in [6, 6.07) is 15.0. The van der Waals surface area contributed by atoms with Gasteiger partial charge in [0.25, 0.3) is 5.91 Å². The van der Waals surface area contributed by atoms with E-state index in [0.717, 1.165) is 45.3 Å². The maximum Gasteiger partial charge on any atom is 0.304 e. The molecule has 0 fully saturated rings. The van der Waals surface area contributed by atoms with Crippen molar-refractivity contribution in [1.82, 2.24) is 19.9 Å². The molecule has 0 saturated heterocycles. The number of carbonyl (C=O) groups is 2. The van der Waals surface area contributed by atoms with Crippen molar-refractivity contribution in [3.63, 3.8) is 0 Å². The summed E-state index contributed by atoms with van der Waals surface area (Å²) < 4.78 is 1.83. The first-order chi connectivity index (χ1) is 17.8. The third-order valence-corrected chi connectivity index (χ3v) is 7.87. The van der Waals surface area contributed by atoms with Crippen LogP contribution in [0.25, 0.3) is 11.0 Å². The molecule has 1 aliphatic heterocycles. The monoisotopic (exact) mass is 536 g/mol. The van der Waals surface area contributed by atoms with Crippen LogP contribution in [0.1, 0.15) is 57.4 Å². The zero-order chi connectivity index (χ0) is 26.3. The highest BCUT2D eigenvalue weighted by Gasteiger charge is 2.26. The maximum atomic E-state index is 13.2. The lowest BCUT2D eigenvalue weighted by atomic mass is 9.83. The summed E-state index contributed by atoms with van der Waals surface area (Å²) in [5.41, 5.74) is 7.12. The van der Waals surface area contributed by atoms with Gasteiger partial charge in [0.2, 0.25) is 0 Å². The largest absolute Gasteiger partial charge is 0.481 e. The highest BCUT2D eigenvalue weighted by Crippen LogP contribution is 2.35. The third kappa shape index (κ3) is 4.81. The Labute approximate surface area is 224 Å². The maximum absolute atomic E-state index is 13.2. The number of benzene rings is 3. The fourth-order valence-corrected chi connectivity index (χ4v) is 5.45. The van der Waals surface area contributed by atoms with Crippen LogP contribution in [-0.2, 0) is 24.3 Å². The summed E-state index contributed by atoms with van der Waals surface area (Å²) in [5.74, 6) is -1.35. The van der Waals surface area contributed by atoms with Crippen molar-refractivity contribution in [3.05, 3.63) is 92.0 Å². The summed E-state index contributed by atoms with van der Waals surface area (Å²) in [6.07, 6.45) is 0.663. The molecule has 1 N–H and O–H groups in total. The molecule has 1 aromatic heterocycles. The molecule has 37 heavy (non-hydrogen) atoms. The second kappa shape index (κ2) is 10.1. The number of amides is 1. The highest BCUT2D eigenvalue weighted by atomic mass is 35.5. The van der Waals surface area contributed by atoms with Crippen molar-refractivity contribution in [1.29, 1.82) is 0 Å². The van der Waals surface area contributed by atoms with E-state index < -0.39 is 5.97 Å². The smallest absolute Gasteiger partial charge is 0.304 e. The number of nitrogens with zero attached hydrogens (tertiary/aromatic N) is 4. The highest BCUT2D eigenvalue weighted by molar-refractivity contribution is 6.42. The normalized spacial score (nSPS) is 14.0. The quantitative estimate of drug-likeness (QED) is 0.332. The van der Waals surface area contributed by atoms with Gasteiger partial charge in [-0.05, 0) is 72.4 Å². The van der Waals surface area contributed by atoms with Crippen LogP contribution in [0.3, 0.4) is 0 Å². The zero-order valence-electron chi connectivity index (χ0n) is 20.5. The minimum Gasteiger partial charge on any atom is -0.481 e. The molecule has 9 heteroatoms. The van der Waals surface area contributed by atoms with E-state index in [1.54, 1.807) is 23.1 Å². The van der Waals surface area contributed by atoms with Crippen molar-refractivity contribution in [3.8, 4) is 0 Å². The van der Waals surface area contributed by atoms with Gasteiger partial charge in [-0.15, -0.1) is 5.10 Å². The predicted octanol–water partition coefficient (Wildman–Crippen LogP) is 5.87. The Kier molecular flexibility index (Phi) is 6.92. The number of aromatic nitrogens is 3. The Morgan fingerprint density at radius 2 is 1.86 bits per heavy atom. The van der Waals surface area contributed by atoms with E-state index in [1.807, 2.05) is 42.8 Å². The summed E-state index contributed by atoms with van der Waals surface area (Å²) in [5, 5.41) is 19.1. The molecule has 0 aliphatic carbocycles. The van der Waals surface area contributed by atoms with E-state index in [4.69, 9.17) is 23.2 Å². The number of carbonyl (C=O) groups excluding carboxylic acids is 1. The van der Waals surface area contributed by atoms with E-state index in [2.05, 4.69) is 16.4 Å². The molecule has 190 valence electrons. The Balaban J connectivity index is 1.49. The fraction of sp³-hybridized carbons (Fsp3) is 0.286. The van der Waals surface area contributed by atoms with Crippen molar-refractivity contribution in [2.45, 2.75) is 45.7 Å². The molecule has 0 saturated carbocycles. The summed E-state index contributed by atoms with van der Waals surface area (Å²) in [6.45, 7) is 5.71. The molecule has 7 nitrogen and oxygen atoms in total. The third-order valence-electron chi connectivity index (χ3n) is 7.13. The molecule has 5 rings (SSSR count). The van der Waals surface area contributed by atoms with Crippen molar-refractivity contribution >= 4 is 46.1 Å². The van der Waals surface area contributed by atoms with Crippen LogP contribution in [0, 0.1) is 6.92 Å². The molecule has 0 bridgehead atoms. The topological polar surface area (TPSA) is 88.3 Å². The number of carboxylic acid groups (broad SMARTS) is 1. The molecule has 1 amide bonds. The molecule has 1 atom stereocenters.